The molecule has 3 aliphatic rings. The van der Waals surface area contributed by atoms with Gasteiger partial charge in [0.05, 0.1) is 4.88 Å². The molecule has 4 heterocycles. The molecule has 1 atom stereocenters. The molecular weight excluding hydrogens is 313 g/mol. The zero-order valence-electron chi connectivity index (χ0n) is 12.7. The van der Waals surface area contributed by atoms with Crippen molar-refractivity contribution in [3.05, 3.63) is 41.3 Å². The van der Waals surface area contributed by atoms with Gasteiger partial charge >= 0.3 is 0 Å². The number of thiazole rings is 1. The van der Waals surface area contributed by atoms with Gasteiger partial charge in [-0.05, 0) is 49.5 Å². The first-order chi connectivity index (χ1) is 11.2. The van der Waals surface area contributed by atoms with Crippen molar-refractivity contribution < 1.29 is 9.18 Å². The van der Waals surface area contributed by atoms with Crippen LogP contribution in [0.3, 0.4) is 0 Å². The normalized spacial score (nSPS) is 26.2. The number of carbonyl (C=O) groups is 1. The third-order valence-corrected chi connectivity index (χ3v) is 5.83. The van der Waals surface area contributed by atoms with Gasteiger partial charge in [-0.25, -0.2) is 9.37 Å². The molecule has 0 radical (unpaired) electrons. The van der Waals surface area contributed by atoms with Crippen LogP contribution < -0.4 is 5.32 Å². The van der Waals surface area contributed by atoms with Crippen molar-refractivity contribution in [2.75, 3.05) is 19.6 Å². The van der Waals surface area contributed by atoms with Gasteiger partial charge in [-0.3, -0.25) is 4.79 Å². The van der Waals surface area contributed by atoms with Crippen molar-refractivity contribution in [2.24, 2.45) is 5.92 Å². The van der Waals surface area contributed by atoms with Gasteiger partial charge in [-0.15, -0.1) is 11.3 Å². The summed E-state index contributed by atoms with van der Waals surface area (Å²) in [6, 6.07) is 6.59. The van der Waals surface area contributed by atoms with Crippen molar-refractivity contribution in [1.29, 1.82) is 0 Å². The predicted molar refractivity (Wildman–Crippen MR) is 87.9 cm³/mol. The highest BCUT2D eigenvalue weighted by Crippen LogP contribution is 2.29. The summed E-state index contributed by atoms with van der Waals surface area (Å²) in [7, 11) is 0. The standard InChI is InChI=1S/C17H18FN3OS/c18-13-3-1-2-12(8-13)15-9-19-17(23-15)16(22)20-14-10-21-6-4-11(14)5-7-21/h1-3,8-9,11,14H,4-7,10H2,(H,20,22)/t14-/m0/s1. The number of nitrogens with one attached hydrogen (secondary N) is 1. The summed E-state index contributed by atoms with van der Waals surface area (Å²) in [4.78, 5) is 19.9. The fourth-order valence-electron chi connectivity index (χ4n) is 3.51. The smallest absolute Gasteiger partial charge is 0.280 e. The van der Waals surface area contributed by atoms with E-state index in [1.54, 1.807) is 12.3 Å². The molecule has 3 saturated heterocycles. The molecule has 4 nitrogen and oxygen atoms in total. The van der Waals surface area contributed by atoms with Crippen LogP contribution in [0.25, 0.3) is 10.4 Å². The molecule has 2 aromatic rings. The van der Waals surface area contributed by atoms with E-state index in [4.69, 9.17) is 0 Å². The third-order valence-electron chi connectivity index (χ3n) is 4.78. The third kappa shape index (κ3) is 3.01. The number of fused-ring (bicyclic) bond motifs is 3. The quantitative estimate of drug-likeness (QED) is 0.941. The monoisotopic (exact) mass is 331 g/mol. The molecule has 5 rings (SSSR count). The van der Waals surface area contributed by atoms with E-state index in [1.165, 1.54) is 23.5 Å². The molecule has 2 bridgehead atoms. The molecule has 6 heteroatoms. The van der Waals surface area contributed by atoms with E-state index in [0.717, 1.165) is 42.9 Å². The Morgan fingerprint density at radius 3 is 2.87 bits per heavy atom. The fraction of sp³-hybridized carbons (Fsp3) is 0.412. The maximum absolute atomic E-state index is 13.3. The molecule has 1 amide bonds. The van der Waals surface area contributed by atoms with E-state index >= 15 is 0 Å². The molecule has 1 aromatic heterocycles. The number of benzene rings is 1. The van der Waals surface area contributed by atoms with Gasteiger partial charge < -0.3 is 10.2 Å². The van der Waals surface area contributed by atoms with Crippen LogP contribution in [-0.4, -0.2) is 41.5 Å². The maximum atomic E-state index is 13.3. The van der Waals surface area contributed by atoms with E-state index < -0.39 is 0 Å². The molecule has 0 unspecified atom stereocenters. The minimum Gasteiger partial charge on any atom is -0.346 e. The van der Waals surface area contributed by atoms with Crippen LogP contribution in [0.15, 0.2) is 30.5 Å². The van der Waals surface area contributed by atoms with Crippen molar-refractivity contribution >= 4 is 17.2 Å². The van der Waals surface area contributed by atoms with Gasteiger partial charge in [-0.2, -0.15) is 0 Å². The number of aromatic nitrogens is 1. The van der Waals surface area contributed by atoms with Crippen LogP contribution in [0, 0.1) is 11.7 Å². The van der Waals surface area contributed by atoms with Crippen LogP contribution in [0.2, 0.25) is 0 Å². The number of hydrogen-bond donors (Lipinski definition) is 1. The Labute approximate surface area is 138 Å². The number of hydrogen-bond acceptors (Lipinski definition) is 4. The lowest BCUT2D eigenvalue weighted by Gasteiger charge is -2.44. The van der Waals surface area contributed by atoms with Crippen molar-refractivity contribution in [1.82, 2.24) is 15.2 Å². The molecule has 120 valence electrons. The van der Waals surface area contributed by atoms with Gasteiger partial charge in [0, 0.05) is 18.8 Å². The van der Waals surface area contributed by atoms with Gasteiger partial charge in [0.25, 0.3) is 5.91 Å². The summed E-state index contributed by atoms with van der Waals surface area (Å²) in [6.07, 6.45) is 3.97. The lowest BCUT2D eigenvalue weighted by molar-refractivity contribution is 0.0620. The molecule has 23 heavy (non-hydrogen) atoms. The average molecular weight is 331 g/mol. The van der Waals surface area contributed by atoms with Crippen LogP contribution in [0.1, 0.15) is 22.6 Å². The summed E-state index contributed by atoms with van der Waals surface area (Å²) in [5, 5.41) is 3.58. The number of carbonyl (C=O) groups excluding carboxylic acids is 1. The second kappa shape index (κ2) is 6.02. The highest BCUT2D eigenvalue weighted by atomic mass is 32.1. The maximum Gasteiger partial charge on any atom is 0.280 e. The van der Waals surface area contributed by atoms with E-state index in [1.807, 2.05) is 6.07 Å². The minimum atomic E-state index is -0.283. The van der Waals surface area contributed by atoms with Gasteiger partial charge in [-0.1, -0.05) is 12.1 Å². The Kier molecular flexibility index (Phi) is 3.87. The highest BCUT2D eigenvalue weighted by Gasteiger charge is 2.35. The number of rotatable bonds is 3. The van der Waals surface area contributed by atoms with E-state index in [0.29, 0.717) is 10.9 Å². The zero-order valence-corrected chi connectivity index (χ0v) is 13.5. The Hall–Kier alpha value is -1.79. The summed E-state index contributed by atoms with van der Waals surface area (Å²) in [5.41, 5.74) is 0.754. The topological polar surface area (TPSA) is 45.2 Å². The van der Waals surface area contributed by atoms with Crippen molar-refractivity contribution in [3.63, 3.8) is 0 Å². The Morgan fingerprint density at radius 2 is 2.17 bits per heavy atom. The number of halogens is 1. The predicted octanol–water partition coefficient (Wildman–Crippen LogP) is 2.77. The lowest BCUT2D eigenvalue weighted by atomic mass is 9.84. The van der Waals surface area contributed by atoms with Crippen LogP contribution >= 0.6 is 11.3 Å². The molecule has 3 fully saturated rings. The van der Waals surface area contributed by atoms with E-state index in [-0.39, 0.29) is 17.8 Å². The first-order valence-corrected chi connectivity index (χ1v) is 8.76. The van der Waals surface area contributed by atoms with Crippen molar-refractivity contribution in [3.8, 4) is 10.4 Å². The Bertz CT molecular complexity index is 724. The number of nitrogens with zero attached hydrogens (tertiary/aromatic N) is 2. The van der Waals surface area contributed by atoms with Gasteiger partial charge in [0.15, 0.2) is 5.01 Å². The first kappa shape index (κ1) is 14.8. The SMILES string of the molecule is O=C(N[C@H]1CN2CCC1CC2)c1ncc(-c2cccc(F)c2)s1. The molecule has 0 aliphatic carbocycles. The van der Waals surface area contributed by atoms with Crippen LogP contribution in [-0.2, 0) is 0 Å². The number of piperidine rings is 3. The molecule has 3 aliphatic heterocycles. The zero-order chi connectivity index (χ0) is 15.8. The lowest BCUT2D eigenvalue weighted by Crippen LogP contribution is -2.57. The molecule has 1 N–H and O–H groups in total. The second-order valence-electron chi connectivity index (χ2n) is 6.26. The molecule has 1 aromatic carbocycles. The van der Waals surface area contributed by atoms with Crippen molar-refractivity contribution in [2.45, 2.75) is 18.9 Å². The summed E-state index contributed by atoms with van der Waals surface area (Å²) in [6.45, 7) is 3.24. The minimum absolute atomic E-state index is 0.114. The van der Waals surface area contributed by atoms with Crippen LogP contribution in [0.4, 0.5) is 4.39 Å². The fourth-order valence-corrected chi connectivity index (χ4v) is 4.33. The summed E-state index contributed by atoms with van der Waals surface area (Å²) in [5.74, 6) is 0.192. The molecule has 0 saturated carbocycles. The molecular formula is C17H18FN3OS. The second-order valence-corrected chi connectivity index (χ2v) is 7.29. The Morgan fingerprint density at radius 1 is 1.35 bits per heavy atom. The van der Waals surface area contributed by atoms with Crippen LogP contribution in [0.5, 0.6) is 0 Å². The van der Waals surface area contributed by atoms with E-state index in [2.05, 4.69) is 15.2 Å². The summed E-state index contributed by atoms with van der Waals surface area (Å²) < 4.78 is 13.3. The largest absolute Gasteiger partial charge is 0.346 e. The number of amides is 1. The highest BCUT2D eigenvalue weighted by molar-refractivity contribution is 7.16. The van der Waals surface area contributed by atoms with Gasteiger partial charge in [0.1, 0.15) is 5.82 Å². The summed E-state index contributed by atoms with van der Waals surface area (Å²) >= 11 is 1.31. The Balaban J connectivity index is 1.47. The average Bonchev–Trinajstić information content (AvgIpc) is 3.06. The molecule has 0 spiro atoms. The van der Waals surface area contributed by atoms with Gasteiger partial charge in [0.2, 0.25) is 0 Å². The van der Waals surface area contributed by atoms with E-state index in [9.17, 15) is 9.18 Å². The first-order valence-electron chi connectivity index (χ1n) is 7.94.